The van der Waals surface area contributed by atoms with Gasteiger partial charge < -0.3 is 0 Å². The van der Waals surface area contributed by atoms with Crippen LogP contribution >= 0.6 is 35.0 Å². The first-order valence-corrected chi connectivity index (χ1v) is 4.54. The molecule has 5 heteroatoms. The van der Waals surface area contributed by atoms with Crippen molar-refractivity contribution in [2.24, 2.45) is 5.84 Å². The van der Waals surface area contributed by atoms with Gasteiger partial charge >= 0.3 is 0 Å². The zero-order chi connectivity index (χ0) is 8.97. The Hall–Kier alpha value is -0.330. The van der Waals surface area contributed by atoms with Crippen LogP contribution in [0.15, 0.2) is 24.3 Å². The molecular formula is C8H10ClIN2O. The number of rotatable bonds is 2. The molecule has 1 aromatic carbocycles. The first kappa shape index (κ1) is 12.7. The van der Waals surface area contributed by atoms with Gasteiger partial charge in [-0.15, -0.1) is 12.4 Å². The van der Waals surface area contributed by atoms with Crippen molar-refractivity contribution in [1.29, 1.82) is 0 Å². The first-order valence-electron chi connectivity index (χ1n) is 3.47. The molecule has 1 rings (SSSR count). The van der Waals surface area contributed by atoms with E-state index in [1.807, 2.05) is 24.3 Å². The summed E-state index contributed by atoms with van der Waals surface area (Å²) in [6, 6.07) is 7.71. The van der Waals surface area contributed by atoms with Gasteiger partial charge in [-0.2, -0.15) is 0 Å². The Bertz CT molecular complexity index is 293. The molecule has 0 aliphatic rings. The van der Waals surface area contributed by atoms with Crippen LogP contribution in [0.3, 0.4) is 0 Å². The average Bonchev–Trinajstić information content (AvgIpc) is 2.09. The summed E-state index contributed by atoms with van der Waals surface area (Å²) in [5, 5.41) is 0. The predicted octanol–water partition coefficient (Wildman–Crippen LogP) is 1.25. The Morgan fingerprint density at radius 2 is 2.08 bits per heavy atom. The molecule has 0 spiro atoms. The van der Waals surface area contributed by atoms with E-state index in [4.69, 9.17) is 5.84 Å². The standard InChI is InChI=1S/C8H9IN2O.ClH/c9-7-4-2-1-3-6(7)5-8(12)11-10;/h1-4H,5,10H2,(H,11,12);1H. The van der Waals surface area contributed by atoms with E-state index in [2.05, 4.69) is 28.0 Å². The van der Waals surface area contributed by atoms with Crippen molar-refractivity contribution in [1.82, 2.24) is 5.43 Å². The van der Waals surface area contributed by atoms with Gasteiger partial charge in [-0.3, -0.25) is 10.2 Å². The van der Waals surface area contributed by atoms with Crippen LogP contribution in [-0.2, 0) is 11.2 Å². The Balaban J connectivity index is 0.00000144. The summed E-state index contributed by atoms with van der Waals surface area (Å²) in [5.74, 6) is 4.80. The predicted molar refractivity (Wildman–Crippen MR) is 62.4 cm³/mol. The minimum absolute atomic E-state index is 0. The van der Waals surface area contributed by atoms with Gasteiger partial charge in [0.25, 0.3) is 0 Å². The molecule has 0 fully saturated rings. The normalized spacial score (nSPS) is 8.77. The molecule has 1 aromatic rings. The van der Waals surface area contributed by atoms with Gasteiger partial charge in [0.2, 0.25) is 5.91 Å². The molecule has 0 saturated heterocycles. The van der Waals surface area contributed by atoms with Gasteiger partial charge in [-0.1, -0.05) is 18.2 Å². The molecule has 0 heterocycles. The quantitative estimate of drug-likeness (QED) is 0.374. The van der Waals surface area contributed by atoms with E-state index in [0.717, 1.165) is 9.13 Å². The Morgan fingerprint density at radius 3 is 2.62 bits per heavy atom. The number of hydrazine groups is 1. The Kier molecular flexibility index (Phi) is 6.02. The summed E-state index contributed by atoms with van der Waals surface area (Å²) in [6.45, 7) is 0. The van der Waals surface area contributed by atoms with Crippen molar-refractivity contribution in [2.45, 2.75) is 6.42 Å². The minimum atomic E-state index is -0.167. The van der Waals surface area contributed by atoms with Crippen LogP contribution in [0.25, 0.3) is 0 Å². The zero-order valence-electron chi connectivity index (χ0n) is 6.79. The van der Waals surface area contributed by atoms with E-state index in [9.17, 15) is 4.79 Å². The topological polar surface area (TPSA) is 55.1 Å². The number of carbonyl (C=O) groups is 1. The zero-order valence-corrected chi connectivity index (χ0v) is 9.76. The van der Waals surface area contributed by atoms with Crippen LogP contribution in [-0.4, -0.2) is 5.91 Å². The van der Waals surface area contributed by atoms with Gasteiger partial charge in [0.1, 0.15) is 0 Å². The van der Waals surface area contributed by atoms with Crippen LogP contribution in [0.2, 0.25) is 0 Å². The highest BCUT2D eigenvalue weighted by atomic mass is 127. The second-order valence-corrected chi connectivity index (χ2v) is 3.50. The van der Waals surface area contributed by atoms with Crippen LogP contribution in [0.5, 0.6) is 0 Å². The second kappa shape index (κ2) is 6.17. The van der Waals surface area contributed by atoms with Gasteiger partial charge in [0, 0.05) is 3.57 Å². The van der Waals surface area contributed by atoms with E-state index in [0.29, 0.717) is 6.42 Å². The van der Waals surface area contributed by atoms with E-state index in [1.165, 1.54) is 0 Å². The maximum absolute atomic E-state index is 10.9. The average molecular weight is 313 g/mol. The fourth-order valence-electron chi connectivity index (χ4n) is 0.866. The maximum atomic E-state index is 10.9. The summed E-state index contributed by atoms with van der Waals surface area (Å²) in [7, 11) is 0. The fourth-order valence-corrected chi connectivity index (χ4v) is 1.44. The van der Waals surface area contributed by atoms with E-state index in [1.54, 1.807) is 0 Å². The molecule has 0 bridgehead atoms. The number of benzene rings is 1. The molecular weight excluding hydrogens is 302 g/mol. The lowest BCUT2D eigenvalue weighted by Crippen LogP contribution is -2.31. The van der Waals surface area contributed by atoms with Crippen molar-refractivity contribution in [3.8, 4) is 0 Å². The molecule has 3 nitrogen and oxygen atoms in total. The monoisotopic (exact) mass is 312 g/mol. The SMILES string of the molecule is Cl.NNC(=O)Cc1ccccc1I. The molecule has 0 radical (unpaired) electrons. The molecule has 0 saturated carbocycles. The molecule has 72 valence electrons. The summed E-state index contributed by atoms with van der Waals surface area (Å²) < 4.78 is 1.08. The number of halogens is 2. The summed E-state index contributed by atoms with van der Waals surface area (Å²) in [5.41, 5.74) is 3.10. The fraction of sp³-hybridized carbons (Fsp3) is 0.125. The first-order chi connectivity index (χ1) is 5.74. The second-order valence-electron chi connectivity index (χ2n) is 2.34. The molecule has 0 atom stereocenters. The third kappa shape index (κ3) is 3.93. The maximum Gasteiger partial charge on any atom is 0.238 e. The molecule has 0 unspecified atom stereocenters. The Labute approximate surface area is 96.6 Å². The lowest BCUT2D eigenvalue weighted by molar-refractivity contribution is -0.120. The molecule has 0 aliphatic heterocycles. The number of carbonyl (C=O) groups excluding carboxylic acids is 1. The smallest absolute Gasteiger partial charge is 0.238 e. The molecule has 0 aromatic heterocycles. The van der Waals surface area contributed by atoms with Gasteiger partial charge in [-0.05, 0) is 34.2 Å². The molecule has 13 heavy (non-hydrogen) atoms. The van der Waals surface area contributed by atoms with Crippen molar-refractivity contribution < 1.29 is 4.79 Å². The highest BCUT2D eigenvalue weighted by molar-refractivity contribution is 14.1. The van der Waals surface area contributed by atoms with Crippen molar-refractivity contribution >= 4 is 40.9 Å². The van der Waals surface area contributed by atoms with E-state index >= 15 is 0 Å². The number of nitrogens with one attached hydrogen (secondary N) is 1. The lowest BCUT2D eigenvalue weighted by atomic mass is 10.1. The van der Waals surface area contributed by atoms with Crippen molar-refractivity contribution in [3.63, 3.8) is 0 Å². The highest BCUT2D eigenvalue weighted by Gasteiger charge is 2.03. The molecule has 0 aliphatic carbocycles. The lowest BCUT2D eigenvalue weighted by Gasteiger charge is -2.01. The van der Waals surface area contributed by atoms with Gasteiger partial charge in [-0.25, -0.2) is 5.84 Å². The van der Waals surface area contributed by atoms with Crippen LogP contribution < -0.4 is 11.3 Å². The summed E-state index contributed by atoms with van der Waals surface area (Å²) >= 11 is 2.19. The molecule has 3 N–H and O–H groups in total. The van der Waals surface area contributed by atoms with Gasteiger partial charge in [0.15, 0.2) is 0 Å². The number of hydrogen-bond acceptors (Lipinski definition) is 2. The molecule has 1 amide bonds. The van der Waals surface area contributed by atoms with Crippen LogP contribution in [0, 0.1) is 3.57 Å². The van der Waals surface area contributed by atoms with Gasteiger partial charge in [0.05, 0.1) is 6.42 Å². The van der Waals surface area contributed by atoms with E-state index < -0.39 is 0 Å². The third-order valence-corrected chi connectivity index (χ3v) is 2.52. The van der Waals surface area contributed by atoms with Crippen molar-refractivity contribution in [2.75, 3.05) is 0 Å². The summed E-state index contributed by atoms with van der Waals surface area (Å²) in [4.78, 5) is 10.9. The Morgan fingerprint density at radius 1 is 1.46 bits per heavy atom. The van der Waals surface area contributed by atoms with Crippen LogP contribution in [0.4, 0.5) is 0 Å². The van der Waals surface area contributed by atoms with E-state index in [-0.39, 0.29) is 18.3 Å². The number of hydrogen-bond donors (Lipinski definition) is 2. The highest BCUT2D eigenvalue weighted by Crippen LogP contribution is 2.11. The summed E-state index contributed by atoms with van der Waals surface area (Å²) in [6.07, 6.45) is 0.343. The third-order valence-electron chi connectivity index (χ3n) is 1.47. The number of amides is 1. The van der Waals surface area contributed by atoms with Crippen LogP contribution in [0.1, 0.15) is 5.56 Å². The largest absolute Gasteiger partial charge is 0.294 e. The van der Waals surface area contributed by atoms with Crippen molar-refractivity contribution in [3.05, 3.63) is 33.4 Å². The minimum Gasteiger partial charge on any atom is -0.294 e. The number of nitrogens with two attached hydrogens (primary N) is 1.